The normalized spacial score (nSPS) is 19.3. The van der Waals surface area contributed by atoms with E-state index in [1.165, 1.54) is 25.7 Å². The number of anilines is 1. The number of aromatic nitrogens is 1. The lowest BCUT2D eigenvalue weighted by Crippen LogP contribution is -2.44. The van der Waals surface area contributed by atoms with Gasteiger partial charge in [-0.25, -0.2) is 9.78 Å². The van der Waals surface area contributed by atoms with E-state index in [2.05, 4.69) is 27.3 Å². The van der Waals surface area contributed by atoms with Gasteiger partial charge in [0.2, 0.25) is 0 Å². The minimum atomic E-state index is 0.0434. The minimum absolute atomic E-state index is 0.0434. The summed E-state index contributed by atoms with van der Waals surface area (Å²) in [5.41, 5.74) is 1.06. The Morgan fingerprint density at radius 1 is 1.09 bits per heavy atom. The fourth-order valence-electron chi connectivity index (χ4n) is 3.06. The van der Waals surface area contributed by atoms with Crippen molar-refractivity contribution in [2.75, 3.05) is 42.6 Å². The molecule has 2 aliphatic rings. The molecule has 2 saturated heterocycles. The van der Waals surface area contributed by atoms with Crippen LogP contribution in [0.4, 0.5) is 10.6 Å². The highest BCUT2D eigenvalue weighted by Crippen LogP contribution is 2.17. The van der Waals surface area contributed by atoms with E-state index in [9.17, 15) is 4.79 Å². The van der Waals surface area contributed by atoms with Crippen LogP contribution in [0.1, 0.15) is 31.2 Å². The Balaban J connectivity index is 1.49. The second-order valence-electron chi connectivity index (χ2n) is 6.18. The van der Waals surface area contributed by atoms with Gasteiger partial charge in [0.15, 0.2) is 0 Å². The highest BCUT2D eigenvalue weighted by Gasteiger charge is 2.16. The molecule has 0 radical (unpaired) electrons. The number of carbonyl (C=O) groups is 1. The maximum Gasteiger partial charge on any atom is 0.317 e. The lowest BCUT2D eigenvalue weighted by molar-refractivity contribution is 0.202. The summed E-state index contributed by atoms with van der Waals surface area (Å²) >= 11 is 1.91. The number of nitrogens with one attached hydrogen (secondary N) is 1. The van der Waals surface area contributed by atoms with E-state index in [1.807, 2.05) is 22.9 Å². The van der Waals surface area contributed by atoms with E-state index in [0.29, 0.717) is 6.54 Å². The third-order valence-corrected chi connectivity index (χ3v) is 5.42. The van der Waals surface area contributed by atoms with Crippen LogP contribution >= 0.6 is 11.8 Å². The zero-order chi connectivity index (χ0) is 15.9. The highest BCUT2D eigenvalue weighted by atomic mass is 32.2. The van der Waals surface area contributed by atoms with Crippen LogP contribution in [-0.4, -0.2) is 53.6 Å². The fraction of sp³-hybridized carbons (Fsp3) is 0.647. The molecular weight excluding hydrogens is 308 g/mol. The SMILES string of the molecule is O=C(NCc1ccc(N2CCCCCC2)nc1)N1CCSCC1. The third-order valence-electron chi connectivity index (χ3n) is 4.48. The molecule has 0 aromatic carbocycles. The lowest BCUT2D eigenvalue weighted by Gasteiger charge is -2.26. The first-order valence-electron chi connectivity index (χ1n) is 8.63. The number of thioether (sulfide) groups is 1. The molecule has 5 nitrogen and oxygen atoms in total. The maximum absolute atomic E-state index is 12.1. The average Bonchev–Trinajstić information content (AvgIpc) is 2.90. The largest absolute Gasteiger partial charge is 0.357 e. The number of urea groups is 1. The molecule has 3 heterocycles. The summed E-state index contributed by atoms with van der Waals surface area (Å²) in [5.74, 6) is 3.15. The van der Waals surface area contributed by atoms with Crippen molar-refractivity contribution in [1.29, 1.82) is 0 Å². The van der Waals surface area contributed by atoms with Crippen molar-refractivity contribution in [3.8, 4) is 0 Å². The van der Waals surface area contributed by atoms with Crippen LogP contribution in [-0.2, 0) is 6.54 Å². The van der Waals surface area contributed by atoms with Crippen molar-refractivity contribution in [3.05, 3.63) is 23.9 Å². The van der Waals surface area contributed by atoms with Crippen molar-refractivity contribution in [2.45, 2.75) is 32.2 Å². The average molecular weight is 334 g/mol. The summed E-state index contributed by atoms with van der Waals surface area (Å²) in [7, 11) is 0. The van der Waals surface area contributed by atoms with E-state index in [-0.39, 0.29) is 6.03 Å². The van der Waals surface area contributed by atoms with E-state index in [0.717, 1.165) is 49.1 Å². The number of pyridine rings is 1. The molecule has 126 valence electrons. The van der Waals surface area contributed by atoms with Crippen LogP contribution < -0.4 is 10.2 Å². The summed E-state index contributed by atoms with van der Waals surface area (Å²) in [6.07, 6.45) is 7.07. The van der Waals surface area contributed by atoms with E-state index in [4.69, 9.17) is 0 Å². The molecule has 0 aliphatic carbocycles. The number of nitrogens with zero attached hydrogens (tertiary/aromatic N) is 3. The molecular formula is C17H26N4OS. The summed E-state index contributed by atoms with van der Waals surface area (Å²) in [5, 5.41) is 3.00. The van der Waals surface area contributed by atoms with Crippen LogP contribution in [0.5, 0.6) is 0 Å². The molecule has 0 spiro atoms. The Morgan fingerprint density at radius 2 is 1.83 bits per heavy atom. The first-order valence-corrected chi connectivity index (χ1v) is 9.79. The molecule has 2 amide bonds. The lowest BCUT2D eigenvalue weighted by atomic mass is 10.2. The van der Waals surface area contributed by atoms with Gasteiger partial charge in [-0.2, -0.15) is 11.8 Å². The number of rotatable bonds is 3. The van der Waals surface area contributed by atoms with Crippen LogP contribution in [0.25, 0.3) is 0 Å². The zero-order valence-corrected chi connectivity index (χ0v) is 14.5. The summed E-state index contributed by atoms with van der Waals surface area (Å²) in [6, 6.07) is 4.21. The van der Waals surface area contributed by atoms with Crippen molar-refractivity contribution < 1.29 is 4.79 Å². The van der Waals surface area contributed by atoms with Crippen LogP contribution in [0.15, 0.2) is 18.3 Å². The summed E-state index contributed by atoms with van der Waals surface area (Å²) in [6.45, 7) is 4.47. The molecule has 1 aromatic rings. The first-order chi connectivity index (χ1) is 11.3. The summed E-state index contributed by atoms with van der Waals surface area (Å²) in [4.78, 5) is 21.0. The van der Waals surface area contributed by atoms with Crippen molar-refractivity contribution >= 4 is 23.6 Å². The number of amides is 2. The van der Waals surface area contributed by atoms with Gasteiger partial charge in [-0.1, -0.05) is 18.9 Å². The van der Waals surface area contributed by atoms with Gasteiger partial charge in [0, 0.05) is 50.4 Å². The fourth-order valence-corrected chi connectivity index (χ4v) is 3.97. The van der Waals surface area contributed by atoms with Gasteiger partial charge in [-0.15, -0.1) is 0 Å². The number of hydrogen-bond acceptors (Lipinski definition) is 4. The van der Waals surface area contributed by atoms with Crippen LogP contribution in [0, 0.1) is 0 Å². The monoisotopic (exact) mass is 334 g/mol. The number of hydrogen-bond donors (Lipinski definition) is 1. The highest BCUT2D eigenvalue weighted by molar-refractivity contribution is 7.99. The molecule has 3 rings (SSSR count). The Kier molecular flexibility index (Phi) is 6.02. The zero-order valence-electron chi connectivity index (χ0n) is 13.7. The van der Waals surface area contributed by atoms with Crippen molar-refractivity contribution in [1.82, 2.24) is 15.2 Å². The van der Waals surface area contributed by atoms with Gasteiger partial charge in [-0.3, -0.25) is 0 Å². The number of carbonyl (C=O) groups excluding carboxylic acids is 1. The summed E-state index contributed by atoms with van der Waals surface area (Å²) < 4.78 is 0. The molecule has 0 atom stereocenters. The van der Waals surface area contributed by atoms with Crippen molar-refractivity contribution in [3.63, 3.8) is 0 Å². The second kappa shape index (κ2) is 8.43. The first kappa shape index (κ1) is 16.4. The molecule has 6 heteroatoms. The molecule has 0 bridgehead atoms. The maximum atomic E-state index is 12.1. The van der Waals surface area contributed by atoms with Gasteiger partial charge in [-0.05, 0) is 24.5 Å². The molecule has 0 unspecified atom stereocenters. The third kappa shape index (κ3) is 4.77. The Hall–Kier alpha value is -1.43. The second-order valence-corrected chi connectivity index (χ2v) is 7.41. The topological polar surface area (TPSA) is 48.5 Å². The Morgan fingerprint density at radius 3 is 2.48 bits per heavy atom. The van der Waals surface area contributed by atoms with Gasteiger partial charge in [0.05, 0.1) is 0 Å². The molecule has 23 heavy (non-hydrogen) atoms. The van der Waals surface area contributed by atoms with Gasteiger partial charge >= 0.3 is 6.03 Å². The van der Waals surface area contributed by atoms with Crippen LogP contribution in [0.3, 0.4) is 0 Å². The van der Waals surface area contributed by atoms with E-state index in [1.54, 1.807) is 0 Å². The molecule has 1 N–H and O–H groups in total. The van der Waals surface area contributed by atoms with Crippen LogP contribution in [0.2, 0.25) is 0 Å². The minimum Gasteiger partial charge on any atom is -0.357 e. The molecule has 0 saturated carbocycles. The van der Waals surface area contributed by atoms with E-state index < -0.39 is 0 Å². The predicted octanol–water partition coefficient (Wildman–Crippen LogP) is 2.72. The molecule has 1 aromatic heterocycles. The Bertz CT molecular complexity index is 494. The van der Waals surface area contributed by atoms with Crippen molar-refractivity contribution in [2.24, 2.45) is 0 Å². The standard InChI is InChI=1S/C17H26N4OS/c22-17(21-9-11-23-12-10-21)19-14-15-5-6-16(18-13-15)20-7-3-1-2-4-8-20/h5-6,13H,1-4,7-12,14H2,(H,19,22). The van der Waals surface area contributed by atoms with Gasteiger partial charge in [0.1, 0.15) is 5.82 Å². The molecule has 2 fully saturated rings. The smallest absolute Gasteiger partial charge is 0.317 e. The van der Waals surface area contributed by atoms with E-state index >= 15 is 0 Å². The Labute approximate surface area is 142 Å². The molecule has 2 aliphatic heterocycles. The quantitative estimate of drug-likeness (QED) is 0.923. The predicted molar refractivity (Wildman–Crippen MR) is 96.1 cm³/mol. The van der Waals surface area contributed by atoms with Gasteiger partial charge < -0.3 is 15.1 Å². The van der Waals surface area contributed by atoms with Gasteiger partial charge in [0.25, 0.3) is 0 Å².